The molecule has 0 atom stereocenters. The molecule has 102 valence electrons. The van der Waals surface area contributed by atoms with E-state index in [2.05, 4.69) is 30.9 Å². The van der Waals surface area contributed by atoms with Gasteiger partial charge in [0.15, 0.2) is 0 Å². The maximum absolute atomic E-state index is 10.4. The largest absolute Gasteiger partial charge is 0.478 e. The lowest BCUT2D eigenvalue weighted by atomic mass is 10.0. The summed E-state index contributed by atoms with van der Waals surface area (Å²) in [6, 6.07) is 8.10. The zero-order valence-corrected chi connectivity index (χ0v) is 11.6. The number of carbonyl (C=O) groups is 1. The highest BCUT2D eigenvalue weighted by atomic mass is 16.4. The van der Waals surface area contributed by atoms with E-state index in [9.17, 15) is 4.79 Å². The highest BCUT2D eigenvalue weighted by Crippen LogP contribution is 2.29. The molecular weight excluding hydrogens is 238 g/mol. The van der Waals surface area contributed by atoms with Crippen molar-refractivity contribution in [1.82, 2.24) is 4.90 Å². The SMILES string of the molecule is CC1(C)CCCN1Cc1ccc(C=CC(=O)O)cc1. The van der Waals surface area contributed by atoms with Crippen molar-refractivity contribution in [3.05, 3.63) is 41.5 Å². The predicted octanol–water partition coefficient (Wildman–Crippen LogP) is 3.16. The Morgan fingerprint density at radius 1 is 1.37 bits per heavy atom. The molecule has 1 aliphatic heterocycles. The van der Waals surface area contributed by atoms with Gasteiger partial charge in [0.25, 0.3) is 0 Å². The molecule has 19 heavy (non-hydrogen) atoms. The predicted molar refractivity (Wildman–Crippen MR) is 76.8 cm³/mol. The van der Waals surface area contributed by atoms with E-state index in [4.69, 9.17) is 5.11 Å². The third kappa shape index (κ3) is 3.67. The van der Waals surface area contributed by atoms with E-state index in [1.54, 1.807) is 6.08 Å². The first kappa shape index (κ1) is 13.8. The maximum Gasteiger partial charge on any atom is 0.328 e. The molecular formula is C16H21NO2. The minimum atomic E-state index is -0.914. The van der Waals surface area contributed by atoms with Crippen LogP contribution in [-0.2, 0) is 11.3 Å². The van der Waals surface area contributed by atoms with Crippen molar-refractivity contribution in [2.75, 3.05) is 6.54 Å². The fraction of sp³-hybridized carbons (Fsp3) is 0.438. The van der Waals surface area contributed by atoms with Crippen molar-refractivity contribution in [3.8, 4) is 0 Å². The quantitative estimate of drug-likeness (QED) is 0.844. The van der Waals surface area contributed by atoms with E-state index >= 15 is 0 Å². The van der Waals surface area contributed by atoms with Crippen molar-refractivity contribution in [2.24, 2.45) is 0 Å². The van der Waals surface area contributed by atoms with Crippen LogP contribution in [0.25, 0.3) is 6.08 Å². The first-order valence-electron chi connectivity index (χ1n) is 6.72. The summed E-state index contributed by atoms with van der Waals surface area (Å²) in [5.74, 6) is -0.914. The summed E-state index contributed by atoms with van der Waals surface area (Å²) in [4.78, 5) is 13.0. The van der Waals surface area contributed by atoms with Crippen LogP contribution in [0.4, 0.5) is 0 Å². The standard InChI is InChI=1S/C16H21NO2/c1-16(2)10-3-11-17(16)12-14-6-4-13(5-7-14)8-9-15(18)19/h4-9H,3,10-12H2,1-2H3,(H,18,19). The number of aliphatic carboxylic acids is 1. The number of hydrogen-bond donors (Lipinski definition) is 1. The molecule has 0 spiro atoms. The second-order valence-electron chi connectivity index (χ2n) is 5.75. The number of nitrogens with zero attached hydrogens (tertiary/aromatic N) is 1. The second-order valence-corrected chi connectivity index (χ2v) is 5.75. The Hall–Kier alpha value is -1.61. The van der Waals surface area contributed by atoms with Crippen LogP contribution in [0.2, 0.25) is 0 Å². The summed E-state index contributed by atoms with van der Waals surface area (Å²) in [6.45, 7) is 6.72. The second kappa shape index (κ2) is 5.57. The molecule has 1 aromatic rings. The van der Waals surface area contributed by atoms with Crippen LogP contribution in [0.3, 0.4) is 0 Å². The van der Waals surface area contributed by atoms with E-state index in [0.29, 0.717) is 5.54 Å². The van der Waals surface area contributed by atoms with Gasteiger partial charge in [0, 0.05) is 18.2 Å². The Morgan fingerprint density at radius 3 is 2.58 bits per heavy atom. The van der Waals surface area contributed by atoms with Crippen LogP contribution < -0.4 is 0 Å². The lowest BCUT2D eigenvalue weighted by Crippen LogP contribution is -2.37. The summed E-state index contributed by atoms with van der Waals surface area (Å²) in [5.41, 5.74) is 2.50. The number of benzene rings is 1. The van der Waals surface area contributed by atoms with Gasteiger partial charge in [0.2, 0.25) is 0 Å². The number of rotatable bonds is 4. The summed E-state index contributed by atoms with van der Waals surface area (Å²) in [5, 5.41) is 8.58. The Bertz CT molecular complexity index is 474. The van der Waals surface area contributed by atoms with Crippen LogP contribution in [0.15, 0.2) is 30.3 Å². The first-order valence-corrected chi connectivity index (χ1v) is 6.72. The Morgan fingerprint density at radius 2 is 2.05 bits per heavy atom. The van der Waals surface area contributed by atoms with E-state index in [-0.39, 0.29) is 0 Å². The smallest absolute Gasteiger partial charge is 0.328 e. The number of carboxylic acid groups (broad SMARTS) is 1. The average Bonchev–Trinajstić information content (AvgIpc) is 2.68. The Kier molecular flexibility index (Phi) is 4.05. The summed E-state index contributed by atoms with van der Waals surface area (Å²) in [6.07, 6.45) is 5.31. The molecule has 1 saturated heterocycles. The minimum Gasteiger partial charge on any atom is -0.478 e. The summed E-state index contributed by atoms with van der Waals surface area (Å²) in [7, 11) is 0. The molecule has 1 aromatic carbocycles. The topological polar surface area (TPSA) is 40.5 Å². The van der Waals surface area contributed by atoms with Gasteiger partial charge in [-0.1, -0.05) is 24.3 Å². The van der Waals surface area contributed by atoms with Crippen LogP contribution in [0.1, 0.15) is 37.8 Å². The average molecular weight is 259 g/mol. The van der Waals surface area contributed by atoms with Crippen molar-refractivity contribution in [3.63, 3.8) is 0 Å². The van der Waals surface area contributed by atoms with Crippen LogP contribution >= 0.6 is 0 Å². The summed E-state index contributed by atoms with van der Waals surface area (Å²) < 4.78 is 0. The fourth-order valence-electron chi connectivity index (χ4n) is 2.58. The van der Waals surface area contributed by atoms with Gasteiger partial charge in [-0.2, -0.15) is 0 Å². The van der Waals surface area contributed by atoms with E-state index in [0.717, 1.165) is 18.7 Å². The van der Waals surface area contributed by atoms with E-state index < -0.39 is 5.97 Å². The van der Waals surface area contributed by atoms with Gasteiger partial charge in [0.1, 0.15) is 0 Å². The molecule has 0 aromatic heterocycles. The third-order valence-electron chi connectivity index (χ3n) is 3.84. The zero-order chi connectivity index (χ0) is 13.9. The number of carboxylic acids is 1. The van der Waals surface area contributed by atoms with Gasteiger partial charge in [-0.15, -0.1) is 0 Å². The number of likely N-dealkylation sites (tertiary alicyclic amines) is 1. The van der Waals surface area contributed by atoms with Crippen molar-refractivity contribution < 1.29 is 9.90 Å². The molecule has 0 unspecified atom stereocenters. The Labute approximate surface area is 114 Å². The third-order valence-corrected chi connectivity index (χ3v) is 3.84. The summed E-state index contributed by atoms with van der Waals surface area (Å²) >= 11 is 0. The van der Waals surface area contributed by atoms with Crippen LogP contribution in [-0.4, -0.2) is 28.1 Å². The van der Waals surface area contributed by atoms with E-state index in [1.165, 1.54) is 24.5 Å². The molecule has 0 saturated carbocycles. The number of hydrogen-bond acceptors (Lipinski definition) is 2. The molecule has 1 aliphatic rings. The molecule has 3 heteroatoms. The van der Waals surface area contributed by atoms with Gasteiger partial charge in [-0.05, 0) is 50.4 Å². The van der Waals surface area contributed by atoms with Crippen molar-refractivity contribution in [1.29, 1.82) is 0 Å². The Balaban J connectivity index is 2.01. The normalized spacial score (nSPS) is 19.1. The van der Waals surface area contributed by atoms with E-state index in [1.807, 2.05) is 12.1 Å². The monoisotopic (exact) mass is 259 g/mol. The minimum absolute atomic E-state index is 0.294. The molecule has 3 nitrogen and oxygen atoms in total. The fourth-order valence-corrected chi connectivity index (χ4v) is 2.58. The maximum atomic E-state index is 10.4. The highest BCUT2D eigenvalue weighted by Gasteiger charge is 2.31. The van der Waals surface area contributed by atoms with Crippen molar-refractivity contribution in [2.45, 2.75) is 38.8 Å². The lowest BCUT2D eigenvalue weighted by molar-refractivity contribution is -0.131. The van der Waals surface area contributed by atoms with Gasteiger partial charge in [-0.25, -0.2) is 4.79 Å². The first-order chi connectivity index (χ1) is 8.97. The highest BCUT2D eigenvalue weighted by molar-refractivity contribution is 5.85. The van der Waals surface area contributed by atoms with Crippen LogP contribution in [0.5, 0.6) is 0 Å². The molecule has 0 aliphatic carbocycles. The molecule has 1 N–H and O–H groups in total. The van der Waals surface area contributed by atoms with Gasteiger partial charge in [-0.3, -0.25) is 4.90 Å². The molecule has 0 radical (unpaired) electrons. The molecule has 2 rings (SSSR count). The van der Waals surface area contributed by atoms with Gasteiger partial charge >= 0.3 is 5.97 Å². The van der Waals surface area contributed by atoms with Crippen molar-refractivity contribution >= 4 is 12.0 Å². The van der Waals surface area contributed by atoms with Crippen LogP contribution in [0, 0.1) is 0 Å². The molecule has 0 amide bonds. The molecule has 1 heterocycles. The molecule has 1 fully saturated rings. The van der Waals surface area contributed by atoms with Gasteiger partial charge in [0.05, 0.1) is 0 Å². The zero-order valence-electron chi connectivity index (χ0n) is 11.6. The molecule has 0 bridgehead atoms. The van der Waals surface area contributed by atoms with Gasteiger partial charge < -0.3 is 5.11 Å². The lowest BCUT2D eigenvalue weighted by Gasteiger charge is -2.31.